The molecule has 1 rings (SSSR count). The second-order valence-electron chi connectivity index (χ2n) is 4.09. The lowest BCUT2D eigenvalue weighted by atomic mass is 10.3. The van der Waals surface area contributed by atoms with Crippen LogP contribution in [-0.2, 0) is 4.79 Å². The molecule has 0 aromatic carbocycles. The van der Waals surface area contributed by atoms with Crippen LogP contribution in [0, 0.1) is 0 Å². The number of alkyl halides is 2. The lowest BCUT2D eigenvalue weighted by Gasteiger charge is -2.08. The van der Waals surface area contributed by atoms with E-state index in [4.69, 9.17) is 4.74 Å². The number of amides is 1. The van der Waals surface area contributed by atoms with Crippen LogP contribution in [0.5, 0.6) is 5.88 Å². The van der Waals surface area contributed by atoms with Gasteiger partial charge < -0.3 is 15.4 Å². The molecule has 0 bridgehead atoms. The minimum atomic E-state index is -2.98. The summed E-state index contributed by atoms with van der Waals surface area (Å²) in [7, 11) is 1.52. The van der Waals surface area contributed by atoms with Gasteiger partial charge in [0.1, 0.15) is 0 Å². The Morgan fingerprint density at radius 3 is 2.90 bits per heavy atom. The van der Waals surface area contributed by atoms with E-state index in [0.29, 0.717) is 25.0 Å². The lowest BCUT2D eigenvalue weighted by molar-refractivity contribution is -0.116. The van der Waals surface area contributed by atoms with Gasteiger partial charge >= 0.3 is 0 Å². The smallest absolute Gasteiger partial charge is 0.264 e. The molecule has 5 nitrogen and oxygen atoms in total. The molecule has 0 aliphatic heterocycles. The molecule has 0 saturated carbocycles. The topological polar surface area (TPSA) is 63.2 Å². The molecule has 0 saturated heterocycles. The number of methoxy groups -OCH3 is 1. The number of rotatable bonds is 7. The number of carbonyl (C=O) groups is 1. The minimum Gasteiger partial charge on any atom is -0.481 e. The Morgan fingerprint density at radius 2 is 2.25 bits per heavy atom. The van der Waals surface area contributed by atoms with E-state index in [1.807, 2.05) is 0 Å². The van der Waals surface area contributed by atoms with E-state index in [0.717, 1.165) is 18.7 Å². The number of hydrogen-bond acceptors (Lipinski definition) is 4. The average Bonchev–Trinajstić information content (AvgIpc) is 2.41. The molecule has 0 spiro atoms. The van der Waals surface area contributed by atoms with Crippen LogP contribution in [0.3, 0.4) is 0 Å². The van der Waals surface area contributed by atoms with E-state index in [9.17, 15) is 13.6 Å². The van der Waals surface area contributed by atoms with Crippen molar-refractivity contribution in [3.63, 3.8) is 0 Å². The van der Waals surface area contributed by atoms with Gasteiger partial charge in [-0.15, -0.1) is 0 Å². The van der Waals surface area contributed by atoms with Crippen LogP contribution in [0.2, 0.25) is 0 Å². The van der Waals surface area contributed by atoms with Gasteiger partial charge in [-0.05, 0) is 12.1 Å². The molecule has 0 radical (unpaired) electrons. The molecular formula is C13H17F2N3O2. The Kier molecular flexibility index (Phi) is 5.89. The van der Waals surface area contributed by atoms with E-state index in [1.54, 1.807) is 18.3 Å². The van der Waals surface area contributed by atoms with Crippen LogP contribution < -0.4 is 15.4 Å². The number of anilines is 1. The SMILES string of the molecule is COc1cc(NCCNC(=O)C=CC(C)(F)F)ccn1. The first-order valence-corrected chi connectivity index (χ1v) is 5.99. The average molecular weight is 285 g/mol. The highest BCUT2D eigenvalue weighted by Crippen LogP contribution is 2.13. The molecule has 2 N–H and O–H groups in total. The normalized spacial score (nSPS) is 11.4. The Morgan fingerprint density at radius 1 is 1.50 bits per heavy atom. The molecule has 1 amide bonds. The van der Waals surface area contributed by atoms with E-state index in [-0.39, 0.29) is 0 Å². The van der Waals surface area contributed by atoms with Crippen LogP contribution in [0.1, 0.15) is 6.92 Å². The molecule has 0 aliphatic rings. The second-order valence-corrected chi connectivity index (χ2v) is 4.09. The maximum atomic E-state index is 12.5. The minimum absolute atomic E-state index is 0.309. The Bertz CT molecular complexity index is 473. The molecule has 7 heteroatoms. The summed E-state index contributed by atoms with van der Waals surface area (Å²) in [5.41, 5.74) is 0.793. The second kappa shape index (κ2) is 7.42. The maximum absolute atomic E-state index is 12.5. The Labute approximate surface area is 116 Å². The number of hydrogen-bond donors (Lipinski definition) is 2. The van der Waals surface area contributed by atoms with Crippen molar-refractivity contribution in [1.29, 1.82) is 0 Å². The van der Waals surface area contributed by atoms with E-state index >= 15 is 0 Å². The van der Waals surface area contributed by atoms with Gasteiger partial charge in [0.05, 0.1) is 7.11 Å². The number of ether oxygens (including phenoxy) is 1. The van der Waals surface area contributed by atoms with Crippen LogP contribution in [0.4, 0.5) is 14.5 Å². The molecule has 0 atom stereocenters. The van der Waals surface area contributed by atoms with Gasteiger partial charge in [0.2, 0.25) is 11.8 Å². The molecule has 0 fully saturated rings. The van der Waals surface area contributed by atoms with Crippen molar-refractivity contribution in [1.82, 2.24) is 10.3 Å². The molecule has 20 heavy (non-hydrogen) atoms. The third kappa shape index (κ3) is 6.67. The summed E-state index contributed by atoms with van der Waals surface area (Å²) in [6.07, 6.45) is 2.98. The Hall–Kier alpha value is -2.18. The maximum Gasteiger partial charge on any atom is 0.264 e. The summed E-state index contributed by atoms with van der Waals surface area (Å²) in [5.74, 6) is -3.06. The van der Waals surface area contributed by atoms with Gasteiger partial charge in [0.15, 0.2) is 0 Å². The first kappa shape index (κ1) is 15.9. The summed E-state index contributed by atoms with van der Waals surface area (Å²) in [5, 5.41) is 5.53. The molecule has 0 unspecified atom stereocenters. The van der Waals surface area contributed by atoms with Gasteiger partial charge in [-0.2, -0.15) is 0 Å². The number of nitrogens with one attached hydrogen (secondary N) is 2. The fourth-order valence-corrected chi connectivity index (χ4v) is 1.30. The first-order chi connectivity index (χ1) is 9.40. The number of allylic oxidation sites excluding steroid dienone is 1. The summed E-state index contributed by atoms with van der Waals surface area (Å²) >= 11 is 0. The number of aromatic nitrogens is 1. The fourth-order valence-electron chi connectivity index (χ4n) is 1.30. The summed E-state index contributed by atoms with van der Waals surface area (Å²) in [6, 6.07) is 3.46. The zero-order valence-corrected chi connectivity index (χ0v) is 11.3. The molecule has 1 aromatic rings. The number of pyridine rings is 1. The summed E-state index contributed by atoms with van der Waals surface area (Å²) < 4.78 is 29.9. The molecular weight excluding hydrogens is 268 g/mol. The van der Waals surface area contributed by atoms with Crippen molar-refractivity contribution in [3.05, 3.63) is 30.5 Å². The molecule has 0 aliphatic carbocycles. The quantitative estimate of drug-likeness (QED) is 0.592. The van der Waals surface area contributed by atoms with Crippen molar-refractivity contribution in [2.75, 3.05) is 25.5 Å². The van der Waals surface area contributed by atoms with Gasteiger partial charge in [0.25, 0.3) is 5.92 Å². The molecule has 1 aromatic heterocycles. The van der Waals surface area contributed by atoms with Crippen LogP contribution in [0.25, 0.3) is 0 Å². The van der Waals surface area contributed by atoms with Crippen LogP contribution in [0.15, 0.2) is 30.5 Å². The highest BCUT2D eigenvalue weighted by molar-refractivity contribution is 5.87. The van der Waals surface area contributed by atoms with E-state index < -0.39 is 11.8 Å². The van der Waals surface area contributed by atoms with Crippen LogP contribution in [-0.4, -0.2) is 37.0 Å². The lowest BCUT2D eigenvalue weighted by Crippen LogP contribution is -2.27. The van der Waals surface area contributed by atoms with Crippen molar-refractivity contribution < 1.29 is 18.3 Å². The van der Waals surface area contributed by atoms with Gasteiger partial charge in [0, 0.05) is 44.0 Å². The van der Waals surface area contributed by atoms with Gasteiger partial charge in [-0.25, -0.2) is 13.8 Å². The van der Waals surface area contributed by atoms with Crippen LogP contribution >= 0.6 is 0 Å². The first-order valence-electron chi connectivity index (χ1n) is 5.99. The van der Waals surface area contributed by atoms with E-state index in [1.165, 1.54) is 7.11 Å². The highest BCUT2D eigenvalue weighted by Gasteiger charge is 2.15. The number of halogens is 2. The Balaban J connectivity index is 2.28. The summed E-state index contributed by atoms with van der Waals surface area (Å²) in [6.45, 7) is 1.48. The summed E-state index contributed by atoms with van der Waals surface area (Å²) in [4.78, 5) is 15.2. The zero-order valence-electron chi connectivity index (χ0n) is 11.3. The third-order valence-corrected chi connectivity index (χ3v) is 2.22. The van der Waals surface area contributed by atoms with E-state index in [2.05, 4.69) is 15.6 Å². The zero-order chi connectivity index (χ0) is 15.0. The van der Waals surface area contributed by atoms with Gasteiger partial charge in [-0.3, -0.25) is 4.79 Å². The molecule has 110 valence electrons. The molecule has 1 heterocycles. The number of carbonyl (C=O) groups excluding carboxylic acids is 1. The van der Waals surface area contributed by atoms with Crippen molar-refractivity contribution >= 4 is 11.6 Å². The predicted octanol–water partition coefficient (Wildman–Crippen LogP) is 1.83. The highest BCUT2D eigenvalue weighted by atomic mass is 19.3. The van der Waals surface area contributed by atoms with Crippen molar-refractivity contribution in [3.8, 4) is 5.88 Å². The standard InChI is InChI=1S/C13H17F2N3O2/c1-13(14,15)5-3-11(19)17-8-7-16-10-4-6-18-12(9-10)20-2/h3-6,9H,7-8H2,1-2H3,(H,16,18)(H,17,19). The third-order valence-electron chi connectivity index (χ3n) is 2.22. The number of nitrogens with zero attached hydrogens (tertiary/aromatic N) is 1. The van der Waals surface area contributed by atoms with Gasteiger partial charge in [-0.1, -0.05) is 0 Å². The van der Waals surface area contributed by atoms with Crippen molar-refractivity contribution in [2.45, 2.75) is 12.8 Å². The largest absolute Gasteiger partial charge is 0.481 e. The predicted molar refractivity (Wildman–Crippen MR) is 72.0 cm³/mol. The monoisotopic (exact) mass is 285 g/mol. The fraction of sp³-hybridized carbons (Fsp3) is 0.385. The van der Waals surface area contributed by atoms with Crippen molar-refractivity contribution in [2.24, 2.45) is 0 Å².